The highest BCUT2D eigenvalue weighted by atomic mass is 28.2. The quantitative estimate of drug-likeness (QED) is 0.424. The minimum absolute atomic E-state index is 0.174. The lowest BCUT2D eigenvalue weighted by atomic mass is 10.2. The Morgan fingerprint density at radius 3 is 2.45 bits per heavy atom. The molecule has 0 aliphatic carbocycles. The highest BCUT2D eigenvalue weighted by molar-refractivity contribution is 6.42. The second-order valence-corrected chi connectivity index (χ2v) is 5.18. The van der Waals surface area contributed by atoms with Crippen LogP contribution in [0.1, 0.15) is 46.5 Å². The summed E-state index contributed by atoms with van der Waals surface area (Å²) in [7, 11) is 0.174. The molecule has 0 aromatic carbocycles. The van der Waals surface area contributed by atoms with E-state index in [1.54, 1.807) is 0 Å². The Bertz CT molecular complexity index is 101. The number of hydrogen-bond acceptors (Lipinski definition) is 0. The molecule has 0 N–H and O–H groups in total. The molecule has 0 heterocycles. The van der Waals surface area contributed by atoms with Gasteiger partial charge in [-0.05, 0) is 13.8 Å². The van der Waals surface area contributed by atoms with Crippen LogP contribution in [0.25, 0.3) is 0 Å². The molecule has 0 atom stereocenters. The lowest BCUT2D eigenvalue weighted by Crippen LogP contribution is -1.85. The molecule has 0 nitrogen and oxygen atoms in total. The fourth-order valence-electron chi connectivity index (χ4n) is 1.14. The molecule has 1 heteroatoms. The minimum Gasteiger partial charge on any atom is -0.103 e. The first-order chi connectivity index (χ1) is 5.27. The van der Waals surface area contributed by atoms with Crippen LogP contribution in [-0.4, -0.2) is 9.52 Å². The zero-order valence-electron chi connectivity index (χ0n) is 8.32. The molecule has 0 radical (unpaired) electrons. The molecule has 11 heavy (non-hydrogen) atoms. The average Bonchev–Trinajstić information content (AvgIpc) is 1.96. The van der Waals surface area contributed by atoms with Crippen LogP contribution in [0.3, 0.4) is 0 Å². The molecule has 0 rings (SSSR count). The Balaban J connectivity index is 2.97. The molecule has 0 spiro atoms. The van der Waals surface area contributed by atoms with Crippen LogP contribution < -0.4 is 0 Å². The second kappa shape index (κ2) is 8.06. The first-order valence-electron chi connectivity index (χ1n) is 4.90. The van der Waals surface area contributed by atoms with E-state index in [0.717, 1.165) is 0 Å². The van der Waals surface area contributed by atoms with E-state index in [-0.39, 0.29) is 9.52 Å². The maximum atomic E-state index is 2.48. The Morgan fingerprint density at radius 2 is 1.91 bits per heavy atom. The fraction of sp³-hybridized carbons (Fsp3) is 0.800. The monoisotopic (exact) mass is 170 g/mol. The summed E-state index contributed by atoms with van der Waals surface area (Å²) in [5, 5.41) is 0. The van der Waals surface area contributed by atoms with Gasteiger partial charge in [0.2, 0.25) is 0 Å². The lowest BCUT2D eigenvalue weighted by molar-refractivity contribution is 0.701. The van der Waals surface area contributed by atoms with Crippen LogP contribution in [0, 0.1) is 0 Å². The van der Waals surface area contributed by atoms with Crippen LogP contribution in [-0.2, 0) is 0 Å². The van der Waals surface area contributed by atoms with E-state index in [2.05, 4.69) is 26.5 Å². The first kappa shape index (κ1) is 11.0. The van der Waals surface area contributed by atoms with Crippen molar-refractivity contribution in [1.29, 1.82) is 0 Å². The molecule has 0 aliphatic heterocycles. The molecule has 0 unspecified atom stereocenters. The van der Waals surface area contributed by atoms with E-state index in [1.165, 1.54) is 37.3 Å². The van der Waals surface area contributed by atoms with Gasteiger partial charge in [0.1, 0.15) is 0 Å². The predicted octanol–water partition coefficient (Wildman–Crippen LogP) is 3.08. The number of unbranched alkanes of at least 4 members (excludes halogenated alkanes) is 3. The first-order valence-corrected chi connectivity index (χ1v) is 6.72. The normalized spacial score (nSPS) is 10.8. The summed E-state index contributed by atoms with van der Waals surface area (Å²) < 4.78 is 0. The van der Waals surface area contributed by atoms with Crippen molar-refractivity contribution in [2.45, 2.75) is 52.5 Å². The summed E-state index contributed by atoms with van der Waals surface area (Å²) in [6.07, 6.45) is 5.73. The molecule has 0 aliphatic rings. The van der Waals surface area contributed by atoms with Gasteiger partial charge in [-0.2, -0.15) is 0 Å². The molecule has 66 valence electrons. The molecule has 0 saturated carbocycles. The van der Waals surface area contributed by atoms with Crippen LogP contribution >= 0.6 is 0 Å². The van der Waals surface area contributed by atoms with Crippen molar-refractivity contribution in [2.24, 2.45) is 0 Å². The maximum absolute atomic E-state index is 2.48. The van der Waals surface area contributed by atoms with Crippen molar-refractivity contribution >= 4 is 9.52 Å². The Labute approximate surface area is 73.9 Å². The van der Waals surface area contributed by atoms with E-state index < -0.39 is 0 Å². The maximum Gasteiger partial charge on any atom is 0.0453 e. The van der Waals surface area contributed by atoms with E-state index in [9.17, 15) is 0 Å². The summed E-state index contributed by atoms with van der Waals surface area (Å²) in [5.74, 6) is 0. The zero-order chi connectivity index (χ0) is 8.53. The number of hydrogen-bond donors (Lipinski definition) is 0. The van der Waals surface area contributed by atoms with E-state index in [4.69, 9.17) is 0 Å². The second-order valence-electron chi connectivity index (χ2n) is 3.48. The van der Waals surface area contributed by atoms with E-state index in [0.29, 0.717) is 0 Å². The third-order valence-electron chi connectivity index (χ3n) is 1.86. The van der Waals surface area contributed by atoms with Crippen molar-refractivity contribution in [2.75, 3.05) is 0 Å². The molecule has 0 fully saturated rings. The number of allylic oxidation sites excluding steroid dienone is 1. The molecule has 0 aromatic heterocycles. The average molecular weight is 170 g/mol. The van der Waals surface area contributed by atoms with Crippen molar-refractivity contribution in [3.05, 3.63) is 11.3 Å². The summed E-state index contributed by atoms with van der Waals surface area (Å²) in [6, 6.07) is 1.52. The van der Waals surface area contributed by atoms with E-state index >= 15 is 0 Å². The van der Waals surface area contributed by atoms with Gasteiger partial charge in [-0.3, -0.25) is 0 Å². The molecule has 0 aromatic rings. The Hall–Kier alpha value is -0.0431. The smallest absolute Gasteiger partial charge is 0.0453 e. The van der Waals surface area contributed by atoms with Crippen LogP contribution in [0.5, 0.6) is 0 Å². The molecular weight excluding hydrogens is 148 g/mol. The third-order valence-corrected chi connectivity index (χ3v) is 3.87. The van der Waals surface area contributed by atoms with Gasteiger partial charge in [0.25, 0.3) is 0 Å². The largest absolute Gasteiger partial charge is 0.103 e. The fourth-order valence-corrected chi connectivity index (χ4v) is 2.56. The van der Waals surface area contributed by atoms with Gasteiger partial charge in [0.15, 0.2) is 0 Å². The molecule has 0 amide bonds. The topological polar surface area (TPSA) is 0 Å². The predicted molar refractivity (Wildman–Crippen MR) is 56.9 cm³/mol. The lowest BCUT2D eigenvalue weighted by Gasteiger charge is -1.95. The third kappa shape index (κ3) is 9.96. The molecular formula is C10H22Si. The SMILES string of the molecule is CCCCCC[SiH2]C=C(C)C. The van der Waals surface area contributed by atoms with Crippen molar-refractivity contribution in [3.63, 3.8) is 0 Å². The summed E-state index contributed by atoms with van der Waals surface area (Å²) in [6.45, 7) is 6.69. The molecule has 0 saturated heterocycles. The summed E-state index contributed by atoms with van der Waals surface area (Å²) in [4.78, 5) is 0. The highest BCUT2D eigenvalue weighted by Gasteiger charge is 1.87. The minimum atomic E-state index is 0.174. The van der Waals surface area contributed by atoms with Crippen molar-refractivity contribution < 1.29 is 0 Å². The standard InChI is InChI=1S/C10H22Si/c1-4-5-6-7-8-11-9-10(2)3/h9H,4-8,11H2,1-3H3. The van der Waals surface area contributed by atoms with Gasteiger partial charge in [0.05, 0.1) is 0 Å². The van der Waals surface area contributed by atoms with E-state index in [1.807, 2.05) is 0 Å². The molecule has 0 bridgehead atoms. The van der Waals surface area contributed by atoms with Gasteiger partial charge in [-0.15, -0.1) is 5.70 Å². The highest BCUT2D eigenvalue weighted by Crippen LogP contribution is 2.02. The summed E-state index contributed by atoms with van der Waals surface area (Å²) in [5.41, 5.74) is 4.00. The van der Waals surface area contributed by atoms with Gasteiger partial charge in [-0.25, -0.2) is 0 Å². The van der Waals surface area contributed by atoms with Gasteiger partial charge < -0.3 is 0 Å². The van der Waals surface area contributed by atoms with Crippen LogP contribution in [0.15, 0.2) is 11.3 Å². The Kier molecular flexibility index (Phi) is 8.03. The van der Waals surface area contributed by atoms with Crippen LogP contribution in [0.2, 0.25) is 6.04 Å². The van der Waals surface area contributed by atoms with Gasteiger partial charge >= 0.3 is 0 Å². The van der Waals surface area contributed by atoms with Crippen molar-refractivity contribution in [1.82, 2.24) is 0 Å². The van der Waals surface area contributed by atoms with Crippen molar-refractivity contribution in [3.8, 4) is 0 Å². The van der Waals surface area contributed by atoms with Gasteiger partial charge in [0, 0.05) is 9.52 Å². The number of rotatable bonds is 6. The zero-order valence-corrected chi connectivity index (χ0v) is 9.73. The summed E-state index contributed by atoms with van der Waals surface area (Å²) >= 11 is 0. The van der Waals surface area contributed by atoms with Gasteiger partial charge in [-0.1, -0.05) is 44.2 Å². The Morgan fingerprint density at radius 1 is 1.18 bits per heavy atom. The van der Waals surface area contributed by atoms with Crippen LogP contribution in [0.4, 0.5) is 0 Å².